The van der Waals surface area contributed by atoms with Crippen molar-refractivity contribution in [1.29, 1.82) is 0 Å². The minimum atomic E-state index is -1.25. The Hall–Kier alpha value is 0.717. The van der Waals surface area contributed by atoms with E-state index in [2.05, 4.69) is 0 Å². The van der Waals surface area contributed by atoms with E-state index in [1.54, 1.807) is 13.8 Å². The van der Waals surface area contributed by atoms with Gasteiger partial charge in [-0.1, -0.05) is 23.2 Å². The molecule has 0 N–H and O–H groups in total. The maximum Gasteiger partial charge on any atom is 0.383 e. The van der Waals surface area contributed by atoms with Gasteiger partial charge >= 0.3 is 9.28 Å². The quantitative estimate of drug-likeness (QED) is 0.514. The van der Waals surface area contributed by atoms with Crippen molar-refractivity contribution in [2.75, 3.05) is 0 Å². The van der Waals surface area contributed by atoms with Gasteiger partial charge in [0.15, 0.2) is 0 Å². The van der Waals surface area contributed by atoms with Crippen LogP contribution in [0.25, 0.3) is 0 Å². The molecule has 1 radical (unpaired) electrons. The Morgan fingerprint density at radius 1 is 1.10 bits per heavy atom. The lowest BCUT2D eigenvalue weighted by Crippen LogP contribution is -2.24. The summed E-state index contributed by atoms with van der Waals surface area (Å²) in [4.78, 5) is 0. The van der Waals surface area contributed by atoms with Gasteiger partial charge in [-0.3, -0.25) is 0 Å². The number of rotatable bonds is 4. The Bertz CT molecular complexity index is 79.7. The summed E-state index contributed by atoms with van der Waals surface area (Å²) in [6, 6.07) is 0. The first kappa shape index (κ1) is 10.7. The molecular weight excluding hydrogens is 191 g/mol. The number of hydrogen-bond donors (Lipinski definition) is 0. The zero-order valence-corrected chi connectivity index (χ0v) is 8.74. The van der Waals surface area contributed by atoms with Crippen LogP contribution in [0.2, 0.25) is 6.55 Å². The molecule has 0 aromatic heterocycles. The third kappa shape index (κ3) is 6.83. The molecule has 0 fully saturated rings. The monoisotopic (exact) mass is 201 g/mol. The van der Waals surface area contributed by atoms with Gasteiger partial charge in [0, 0.05) is 0 Å². The zero-order valence-electron chi connectivity index (χ0n) is 6.23. The smallest absolute Gasteiger partial charge is 0.377 e. The highest BCUT2D eigenvalue weighted by atomic mass is 35.5. The molecule has 5 heteroatoms. The predicted molar refractivity (Wildman–Crippen MR) is 44.4 cm³/mol. The van der Waals surface area contributed by atoms with E-state index in [1.165, 1.54) is 0 Å². The van der Waals surface area contributed by atoms with Crippen molar-refractivity contribution in [1.82, 2.24) is 0 Å². The molecule has 0 aliphatic carbocycles. The predicted octanol–water partition coefficient (Wildman–Crippen LogP) is 2.31. The molecule has 10 heavy (non-hydrogen) atoms. The van der Waals surface area contributed by atoms with E-state index in [1.807, 2.05) is 6.55 Å². The lowest BCUT2D eigenvalue weighted by atomic mass is 10.9. The Balaban J connectivity index is 3.34. The second-order valence-corrected chi connectivity index (χ2v) is 4.50. The van der Waals surface area contributed by atoms with Crippen LogP contribution < -0.4 is 0 Å². The molecule has 2 atom stereocenters. The highest BCUT2D eigenvalue weighted by Crippen LogP contribution is 2.04. The minimum Gasteiger partial charge on any atom is -0.377 e. The van der Waals surface area contributed by atoms with Gasteiger partial charge in [0.1, 0.15) is 11.1 Å². The van der Waals surface area contributed by atoms with E-state index in [0.717, 1.165) is 0 Å². The van der Waals surface area contributed by atoms with Gasteiger partial charge in [0.25, 0.3) is 0 Å². The molecule has 0 bridgehead atoms. The van der Waals surface area contributed by atoms with Crippen LogP contribution in [0.1, 0.15) is 13.8 Å². The highest BCUT2D eigenvalue weighted by Gasteiger charge is 2.13. The van der Waals surface area contributed by atoms with E-state index < -0.39 is 9.28 Å². The molecule has 0 aromatic rings. The molecule has 61 valence electrons. The Morgan fingerprint density at radius 2 is 1.40 bits per heavy atom. The number of alkyl halides is 2. The SMILES string of the molecule is CC(Cl)O[Si](C)OC(C)Cl. The van der Waals surface area contributed by atoms with Crippen molar-refractivity contribution in [3.8, 4) is 0 Å². The van der Waals surface area contributed by atoms with Gasteiger partial charge < -0.3 is 8.85 Å². The van der Waals surface area contributed by atoms with Crippen molar-refractivity contribution in [2.45, 2.75) is 31.5 Å². The average molecular weight is 202 g/mol. The normalized spacial score (nSPS) is 17.4. The molecule has 0 saturated heterocycles. The summed E-state index contributed by atoms with van der Waals surface area (Å²) in [5, 5.41) is 0. The molecule has 0 aromatic carbocycles. The van der Waals surface area contributed by atoms with Crippen molar-refractivity contribution in [3.63, 3.8) is 0 Å². The van der Waals surface area contributed by atoms with E-state index in [4.69, 9.17) is 32.1 Å². The van der Waals surface area contributed by atoms with Crippen LogP contribution in [0, 0.1) is 0 Å². The summed E-state index contributed by atoms with van der Waals surface area (Å²) in [5.74, 6) is 0. The lowest BCUT2D eigenvalue weighted by Gasteiger charge is -2.13. The summed E-state index contributed by atoms with van der Waals surface area (Å²) in [7, 11) is -1.25. The molecule has 0 spiro atoms. The van der Waals surface area contributed by atoms with Gasteiger partial charge in [-0.15, -0.1) is 0 Å². The number of halogens is 2. The van der Waals surface area contributed by atoms with Crippen LogP contribution in [-0.4, -0.2) is 20.4 Å². The summed E-state index contributed by atoms with van der Waals surface area (Å²) < 4.78 is 10.2. The second-order valence-electron chi connectivity index (χ2n) is 1.81. The second kappa shape index (κ2) is 5.38. The van der Waals surface area contributed by atoms with Crippen LogP contribution in [0.4, 0.5) is 0 Å². The van der Waals surface area contributed by atoms with E-state index in [-0.39, 0.29) is 11.1 Å². The van der Waals surface area contributed by atoms with Crippen LogP contribution in [0.5, 0.6) is 0 Å². The fourth-order valence-corrected chi connectivity index (χ4v) is 2.21. The van der Waals surface area contributed by atoms with Gasteiger partial charge in [0.2, 0.25) is 0 Å². The standard InChI is InChI=1S/C5H11Cl2O2Si/c1-4(6)8-10(3)9-5(2)7/h4-5H,1-3H3. The minimum absolute atomic E-state index is 0.297. The van der Waals surface area contributed by atoms with Gasteiger partial charge in [0.05, 0.1) is 0 Å². The summed E-state index contributed by atoms with van der Waals surface area (Å²) in [6.45, 7) is 5.35. The Labute approximate surface area is 73.3 Å². The molecule has 2 nitrogen and oxygen atoms in total. The molecule has 0 aliphatic heterocycles. The van der Waals surface area contributed by atoms with Gasteiger partial charge in [-0.25, -0.2) is 0 Å². The van der Waals surface area contributed by atoms with Crippen LogP contribution in [-0.2, 0) is 8.85 Å². The van der Waals surface area contributed by atoms with Gasteiger partial charge in [-0.05, 0) is 20.4 Å². The maximum atomic E-state index is 5.54. The van der Waals surface area contributed by atoms with Crippen molar-refractivity contribution >= 4 is 32.5 Å². The van der Waals surface area contributed by atoms with E-state index in [0.29, 0.717) is 0 Å². The Morgan fingerprint density at radius 3 is 1.60 bits per heavy atom. The fourth-order valence-electron chi connectivity index (χ4n) is 0.485. The van der Waals surface area contributed by atoms with Crippen LogP contribution in [0.3, 0.4) is 0 Å². The van der Waals surface area contributed by atoms with Crippen molar-refractivity contribution in [2.24, 2.45) is 0 Å². The topological polar surface area (TPSA) is 18.5 Å². The third-order valence-corrected chi connectivity index (χ3v) is 2.50. The van der Waals surface area contributed by atoms with Crippen molar-refractivity contribution in [3.05, 3.63) is 0 Å². The van der Waals surface area contributed by atoms with Crippen molar-refractivity contribution < 1.29 is 8.85 Å². The highest BCUT2D eigenvalue weighted by molar-refractivity contribution is 6.44. The average Bonchev–Trinajstić information content (AvgIpc) is 1.58. The summed E-state index contributed by atoms with van der Waals surface area (Å²) >= 11 is 11.1. The first-order valence-electron chi connectivity index (χ1n) is 2.97. The van der Waals surface area contributed by atoms with E-state index >= 15 is 0 Å². The Kier molecular flexibility index (Phi) is 5.76. The zero-order chi connectivity index (χ0) is 8.15. The molecule has 0 aliphatic rings. The summed E-state index contributed by atoms with van der Waals surface area (Å²) in [6.07, 6.45) is 0. The molecule has 0 saturated carbocycles. The maximum absolute atomic E-state index is 5.54. The first-order chi connectivity index (χ1) is 4.52. The van der Waals surface area contributed by atoms with E-state index in [9.17, 15) is 0 Å². The largest absolute Gasteiger partial charge is 0.383 e. The number of hydrogen-bond acceptors (Lipinski definition) is 2. The third-order valence-electron chi connectivity index (χ3n) is 0.657. The van der Waals surface area contributed by atoms with Crippen LogP contribution in [0.15, 0.2) is 0 Å². The molecule has 0 rings (SSSR count). The molecule has 0 amide bonds. The van der Waals surface area contributed by atoms with Gasteiger partial charge in [-0.2, -0.15) is 0 Å². The first-order valence-corrected chi connectivity index (χ1v) is 5.66. The molecular formula is C5H11Cl2O2Si. The van der Waals surface area contributed by atoms with Crippen LogP contribution >= 0.6 is 23.2 Å². The lowest BCUT2D eigenvalue weighted by molar-refractivity contribution is 0.184. The molecule has 2 unspecified atom stereocenters. The summed E-state index contributed by atoms with van der Waals surface area (Å²) in [5.41, 5.74) is -0.594. The fraction of sp³-hybridized carbons (Fsp3) is 1.00. The molecule has 0 heterocycles.